The molecule has 4 heteroatoms. The van der Waals surface area contributed by atoms with E-state index in [1.165, 1.54) is 6.07 Å². The van der Waals surface area contributed by atoms with Crippen LogP contribution in [0.2, 0.25) is 0 Å². The fourth-order valence-corrected chi connectivity index (χ4v) is 2.29. The van der Waals surface area contributed by atoms with Gasteiger partial charge in [0.15, 0.2) is 0 Å². The highest BCUT2D eigenvalue weighted by molar-refractivity contribution is 7.07. The van der Waals surface area contributed by atoms with Gasteiger partial charge in [-0.25, -0.2) is 8.78 Å². The minimum atomic E-state index is -0.411. The molecular formula is C13H13F2NS. The van der Waals surface area contributed by atoms with Gasteiger partial charge in [-0.15, -0.1) is 0 Å². The Kier molecular flexibility index (Phi) is 3.86. The van der Waals surface area contributed by atoms with E-state index in [-0.39, 0.29) is 11.9 Å². The Morgan fingerprint density at radius 1 is 1.29 bits per heavy atom. The normalized spacial score (nSPS) is 12.6. The summed E-state index contributed by atoms with van der Waals surface area (Å²) in [7, 11) is 0. The number of nitrogens with one attached hydrogen (secondary N) is 1. The highest BCUT2D eigenvalue weighted by atomic mass is 32.1. The molecule has 17 heavy (non-hydrogen) atoms. The van der Waals surface area contributed by atoms with Crippen LogP contribution in [0, 0.1) is 11.6 Å². The molecule has 1 aromatic heterocycles. The summed E-state index contributed by atoms with van der Waals surface area (Å²) in [6, 6.07) is 5.32. The molecule has 0 radical (unpaired) electrons. The van der Waals surface area contributed by atoms with Crippen LogP contribution in [0.25, 0.3) is 0 Å². The molecule has 1 unspecified atom stereocenters. The molecule has 90 valence electrons. The summed E-state index contributed by atoms with van der Waals surface area (Å²) < 4.78 is 26.5. The fraction of sp³-hybridized carbons (Fsp3) is 0.231. The van der Waals surface area contributed by atoms with E-state index in [9.17, 15) is 8.78 Å². The largest absolute Gasteiger partial charge is 0.306 e. The summed E-state index contributed by atoms with van der Waals surface area (Å²) in [4.78, 5) is 0. The van der Waals surface area contributed by atoms with Crippen molar-refractivity contribution >= 4 is 11.3 Å². The maximum absolute atomic E-state index is 13.5. The standard InChI is InChI=1S/C13H13F2NS/c1-9(16-7-10-4-5-17-8-10)12-6-11(14)2-3-13(12)15/h2-6,8-9,16H,7H2,1H3. The molecule has 1 heterocycles. The van der Waals surface area contributed by atoms with Gasteiger partial charge in [0.05, 0.1) is 0 Å². The number of hydrogen-bond donors (Lipinski definition) is 1. The predicted octanol–water partition coefficient (Wildman–Crippen LogP) is 3.88. The lowest BCUT2D eigenvalue weighted by molar-refractivity contribution is 0.519. The highest BCUT2D eigenvalue weighted by Crippen LogP contribution is 2.18. The fourth-order valence-electron chi connectivity index (χ4n) is 1.62. The summed E-state index contributed by atoms with van der Waals surface area (Å²) in [6.07, 6.45) is 0. The van der Waals surface area contributed by atoms with Gasteiger partial charge in [-0.2, -0.15) is 11.3 Å². The van der Waals surface area contributed by atoms with E-state index >= 15 is 0 Å². The molecule has 1 nitrogen and oxygen atoms in total. The lowest BCUT2D eigenvalue weighted by atomic mass is 10.1. The number of hydrogen-bond acceptors (Lipinski definition) is 2. The van der Waals surface area contributed by atoms with Gasteiger partial charge in [0, 0.05) is 18.2 Å². The van der Waals surface area contributed by atoms with Gasteiger partial charge >= 0.3 is 0 Å². The van der Waals surface area contributed by atoms with Gasteiger partial charge in [0.2, 0.25) is 0 Å². The second-order valence-corrected chi connectivity index (χ2v) is 4.68. The molecule has 0 bridgehead atoms. The van der Waals surface area contributed by atoms with Crippen LogP contribution in [0.1, 0.15) is 24.1 Å². The van der Waals surface area contributed by atoms with Crippen LogP contribution in [0.15, 0.2) is 35.0 Å². The first kappa shape index (κ1) is 12.2. The van der Waals surface area contributed by atoms with E-state index < -0.39 is 5.82 Å². The van der Waals surface area contributed by atoms with Crippen molar-refractivity contribution in [3.63, 3.8) is 0 Å². The van der Waals surface area contributed by atoms with Crippen molar-refractivity contribution in [3.8, 4) is 0 Å². The molecule has 1 atom stereocenters. The Balaban J connectivity index is 2.04. The maximum atomic E-state index is 13.5. The van der Waals surface area contributed by atoms with Gasteiger partial charge in [-0.1, -0.05) is 0 Å². The molecular weight excluding hydrogens is 240 g/mol. The zero-order valence-electron chi connectivity index (χ0n) is 9.41. The third kappa shape index (κ3) is 3.11. The van der Waals surface area contributed by atoms with Crippen LogP contribution in [0.3, 0.4) is 0 Å². The molecule has 0 aliphatic carbocycles. The van der Waals surface area contributed by atoms with Crippen molar-refractivity contribution < 1.29 is 8.78 Å². The Morgan fingerprint density at radius 3 is 2.82 bits per heavy atom. The van der Waals surface area contributed by atoms with Crippen LogP contribution >= 0.6 is 11.3 Å². The quantitative estimate of drug-likeness (QED) is 0.872. The van der Waals surface area contributed by atoms with Crippen molar-refractivity contribution in [1.29, 1.82) is 0 Å². The SMILES string of the molecule is CC(NCc1ccsc1)c1cc(F)ccc1F. The zero-order chi connectivity index (χ0) is 12.3. The Hall–Kier alpha value is -1.26. The third-order valence-corrected chi connectivity index (χ3v) is 3.35. The number of thiophene rings is 1. The Bertz CT molecular complexity index is 482. The minimum Gasteiger partial charge on any atom is -0.306 e. The lowest BCUT2D eigenvalue weighted by Crippen LogP contribution is -2.19. The average Bonchev–Trinajstić information content (AvgIpc) is 2.82. The van der Waals surface area contributed by atoms with Crippen molar-refractivity contribution in [2.75, 3.05) is 0 Å². The first-order valence-electron chi connectivity index (χ1n) is 5.36. The van der Waals surface area contributed by atoms with Crippen molar-refractivity contribution in [2.45, 2.75) is 19.5 Å². The van der Waals surface area contributed by atoms with Crippen LogP contribution in [0.4, 0.5) is 8.78 Å². The van der Waals surface area contributed by atoms with Gasteiger partial charge in [0.1, 0.15) is 11.6 Å². The van der Waals surface area contributed by atoms with Gasteiger partial charge < -0.3 is 5.32 Å². The topological polar surface area (TPSA) is 12.0 Å². The first-order valence-corrected chi connectivity index (χ1v) is 6.30. The summed E-state index contributed by atoms with van der Waals surface area (Å²) in [5.74, 6) is -0.790. The minimum absolute atomic E-state index is 0.217. The smallest absolute Gasteiger partial charge is 0.128 e. The second-order valence-electron chi connectivity index (χ2n) is 3.90. The molecule has 0 saturated carbocycles. The van der Waals surface area contributed by atoms with E-state index in [1.54, 1.807) is 11.3 Å². The van der Waals surface area contributed by atoms with E-state index in [1.807, 2.05) is 23.8 Å². The number of rotatable bonds is 4. The molecule has 0 amide bonds. The van der Waals surface area contributed by atoms with Gasteiger partial charge in [-0.05, 0) is 47.5 Å². The molecule has 0 aliphatic rings. The summed E-state index contributed by atoms with van der Waals surface area (Å²) in [5.41, 5.74) is 1.51. The van der Waals surface area contributed by atoms with Crippen LogP contribution < -0.4 is 5.32 Å². The van der Waals surface area contributed by atoms with Crippen molar-refractivity contribution in [1.82, 2.24) is 5.32 Å². The average molecular weight is 253 g/mol. The Labute approximate surface area is 103 Å². The van der Waals surface area contributed by atoms with Crippen molar-refractivity contribution in [2.24, 2.45) is 0 Å². The van der Waals surface area contributed by atoms with E-state index in [0.29, 0.717) is 12.1 Å². The summed E-state index contributed by atoms with van der Waals surface area (Å²) in [5, 5.41) is 7.19. The molecule has 0 spiro atoms. The van der Waals surface area contributed by atoms with Gasteiger partial charge in [0.25, 0.3) is 0 Å². The van der Waals surface area contributed by atoms with Gasteiger partial charge in [-0.3, -0.25) is 0 Å². The summed E-state index contributed by atoms with van der Waals surface area (Å²) >= 11 is 1.62. The Morgan fingerprint density at radius 2 is 2.12 bits per heavy atom. The first-order chi connectivity index (χ1) is 8.16. The molecule has 0 aliphatic heterocycles. The molecule has 2 rings (SSSR count). The lowest BCUT2D eigenvalue weighted by Gasteiger charge is -2.14. The zero-order valence-corrected chi connectivity index (χ0v) is 10.2. The molecule has 0 fully saturated rings. The highest BCUT2D eigenvalue weighted by Gasteiger charge is 2.11. The molecule has 1 aromatic carbocycles. The summed E-state index contributed by atoms with van der Waals surface area (Å²) in [6.45, 7) is 2.48. The molecule has 2 aromatic rings. The van der Waals surface area contributed by atoms with E-state index in [4.69, 9.17) is 0 Å². The maximum Gasteiger partial charge on any atom is 0.128 e. The van der Waals surface area contributed by atoms with E-state index in [0.717, 1.165) is 17.7 Å². The van der Waals surface area contributed by atoms with E-state index in [2.05, 4.69) is 5.32 Å². The predicted molar refractivity (Wildman–Crippen MR) is 65.9 cm³/mol. The number of halogens is 2. The van der Waals surface area contributed by atoms with Crippen LogP contribution in [-0.2, 0) is 6.54 Å². The monoisotopic (exact) mass is 253 g/mol. The number of benzene rings is 1. The van der Waals surface area contributed by atoms with Crippen LogP contribution in [0.5, 0.6) is 0 Å². The molecule has 0 saturated heterocycles. The molecule has 1 N–H and O–H groups in total. The third-order valence-electron chi connectivity index (χ3n) is 2.62. The van der Waals surface area contributed by atoms with Crippen molar-refractivity contribution in [3.05, 3.63) is 57.8 Å². The van der Waals surface area contributed by atoms with Crippen LogP contribution in [-0.4, -0.2) is 0 Å². The second kappa shape index (κ2) is 5.38.